The van der Waals surface area contributed by atoms with E-state index in [2.05, 4.69) is 43.9 Å². The molecule has 1 aliphatic rings. The molecule has 0 bridgehead atoms. The molecule has 0 saturated carbocycles. The predicted molar refractivity (Wildman–Crippen MR) is 103 cm³/mol. The van der Waals surface area contributed by atoms with E-state index in [1.54, 1.807) is 12.1 Å². The Hall–Kier alpha value is -2.16. The summed E-state index contributed by atoms with van der Waals surface area (Å²) in [6.07, 6.45) is 4.12. The lowest BCUT2D eigenvalue weighted by Crippen LogP contribution is -2.44. The lowest BCUT2D eigenvalue weighted by molar-refractivity contribution is 0.290. The third-order valence-corrected chi connectivity index (χ3v) is 5.80. The second kappa shape index (κ2) is 6.62. The zero-order chi connectivity index (χ0) is 18.2. The number of nitrogens with zero attached hydrogens (tertiary/aromatic N) is 2. The van der Waals surface area contributed by atoms with Gasteiger partial charge in [-0.15, -0.1) is 0 Å². The smallest absolute Gasteiger partial charge is 0.123 e. The van der Waals surface area contributed by atoms with Crippen LogP contribution in [0.3, 0.4) is 0 Å². The highest BCUT2D eigenvalue weighted by molar-refractivity contribution is 5.74. The summed E-state index contributed by atoms with van der Waals surface area (Å²) in [5.74, 6) is 0.317. The van der Waals surface area contributed by atoms with Crippen LogP contribution in [0.15, 0.2) is 41.4 Å². The molecule has 0 saturated heterocycles. The van der Waals surface area contributed by atoms with Crippen LogP contribution in [-0.4, -0.2) is 18.3 Å². The van der Waals surface area contributed by atoms with Crippen LogP contribution >= 0.6 is 0 Å². The second-order valence-corrected chi connectivity index (χ2v) is 7.14. The molecule has 1 unspecified atom stereocenters. The summed E-state index contributed by atoms with van der Waals surface area (Å²) in [5.41, 5.74) is 5.31. The van der Waals surface area contributed by atoms with Gasteiger partial charge < -0.3 is 4.90 Å². The fraction of sp³-hybridized carbons (Fsp3) is 0.409. The Morgan fingerprint density at radius 3 is 2.48 bits per heavy atom. The van der Waals surface area contributed by atoms with Gasteiger partial charge in [-0.2, -0.15) is 0 Å². The van der Waals surface area contributed by atoms with Crippen LogP contribution in [0, 0.1) is 12.7 Å². The van der Waals surface area contributed by atoms with Crippen molar-refractivity contribution >= 4 is 12.0 Å². The van der Waals surface area contributed by atoms with E-state index in [-0.39, 0.29) is 11.4 Å². The lowest BCUT2D eigenvalue weighted by atomic mass is 9.77. The van der Waals surface area contributed by atoms with E-state index >= 15 is 0 Å². The molecule has 2 nitrogen and oxygen atoms in total. The van der Waals surface area contributed by atoms with Gasteiger partial charge in [0.15, 0.2) is 0 Å². The molecule has 0 aliphatic carbocycles. The van der Waals surface area contributed by atoms with Crippen LogP contribution in [0.25, 0.3) is 0 Å². The molecule has 3 heteroatoms. The fourth-order valence-corrected chi connectivity index (χ4v) is 4.11. The predicted octanol–water partition coefficient (Wildman–Crippen LogP) is 5.91. The highest BCUT2D eigenvalue weighted by atomic mass is 19.1. The van der Waals surface area contributed by atoms with E-state index < -0.39 is 0 Å². The Kier molecular flexibility index (Phi) is 4.68. The molecule has 1 heterocycles. The van der Waals surface area contributed by atoms with Crippen molar-refractivity contribution < 1.29 is 4.39 Å². The van der Waals surface area contributed by atoms with E-state index in [1.807, 2.05) is 26.4 Å². The number of para-hydroxylation sites is 1. The van der Waals surface area contributed by atoms with E-state index in [4.69, 9.17) is 4.99 Å². The van der Waals surface area contributed by atoms with Gasteiger partial charge in [-0.1, -0.05) is 38.1 Å². The molecule has 2 aromatic rings. The average Bonchev–Trinajstić information content (AvgIpc) is 2.59. The second-order valence-electron chi connectivity index (χ2n) is 7.14. The summed E-state index contributed by atoms with van der Waals surface area (Å²) in [7, 11) is 2.04. The van der Waals surface area contributed by atoms with Gasteiger partial charge in [0.05, 0.1) is 17.6 Å². The van der Waals surface area contributed by atoms with E-state index in [9.17, 15) is 4.39 Å². The summed E-state index contributed by atoms with van der Waals surface area (Å²) < 4.78 is 13.7. The largest absolute Gasteiger partial charge is 0.352 e. The van der Waals surface area contributed by atoms with Crippen LogP contribution in [0.1, 0.15) is 61.8 Å². The van der Waals surface area contributed by atoms with Crippen LogP contribution in [-0.2, 0) is 5.54 Å². The van der Waals surface area contributed by atoms with Gasteiger partial charge in [0, 0.05) is 12.6 Å². The van der Waals surface area contributed by atoms with Crippen LogP contribution < -0.4 is 0 Å². The Morgan fingerprint density at radius 1 is 1.12 bits per heavy atom. The van der Waals surface area contributed by atoms with Crippen LogP contribution in [0.5, 0.6) is 0 Å². The first-order valence-electron chi connectivity index (χ1n) is 9.10. The molecule has 132 valence electrons. The minimum absolute atomic E-state index is 0.192. The molecule has 25 heavy (non-hydrogen) atoms. The van der Waals surface area contributed by atoms with Crippen molar-refractivity contribution in [2.24, 2.45) is 4.99 Å². The molecule has 0 amide bonds. The molecular formula is C22H27FN2. The summed E-state index contributed by atoms with van der Waals surface area (Å²) in [5, 5.41) is 0. The number of fused-ring (bicyclic) bond motifs is 1. The minimum Gasteiger partial charge on any atom is -0.352 e. The van der Waals surface area contributed by atoms with Crippen LogP contribution in [0.4, 0.5) is 10.1 Å². The van der Waals surface area contributed by atoms with Crippen LogP contribution in [0.2, 0.25) is 0 Å². The quantitative estimate of drug-likeness (QED) is 0.677. The number of hydrogen-bond acceptors (Lipinski definition) is 2. The zero-order valence-electron chi connectivity index (χ0n) is 15.8. The Morgan fingerprint density at radius 2 is 1.84 bits per heavy atom. The first-order valence-corrected chi connectivity index (χ1v) is 9.10. The normalized spacial score (nSPS) is 19.4. The Bertz CT molecular complexity index is 808. The maximum Gasteiger partial charge on any atom is 0.123 e. The molecule has 1 atom stereocenters. The number of rotatable bonds is 4. The van der Waals surface area contributed by atoms with Crippen molar-refractivity contribution in [3.63, 3.8) is 0 Å². The van der Waals surface area contributed by atoms with E-state index in [0.717, 1.165) is 29.7 Å². The van der Waals surface area contributed by atoms with Gasteiger partial charge in [0.1, 0.15) is 5.82 Å². The van der Waals surface area contributed by atoms with Gasteiger partial charge in [-0.3, -0.25) is 0 Å². The van der Waals surface area contributed by atoms with E-state index in [1.165, 1.54) is 11.1 Å². The number of benzene rings is 2. The molecule has 0 spiro atoms. The molecule has 1 aliphatic heterocycles. The Labute approximate surface area is 150 Å². The van der Waals surface area contributed by atoms with Gasteiger partial charge in [-0.25, -0.2) is 9.38 Å². The number of hydrogen-bond donors (Lipinski definition) is 0. The first kappa shape index (κ1) is 17.7. The number of aryl methyl sites for hydroxylation is 1. The lowest BCUT2D eigenvalue weighted by Gasteiger charge is -2.43. The monoisotopic (exact) mass is 338 g/mol. The Balaban J connectivity index is 2.25. The third-order valence-electron chi connectivity index (χ3n) is 5.80. The standard InChI is InChI=1S/C22H27FN2/c1-6-16(7-2)18-9-8-10-20-21(18)24-14-25(5)22(20,4)19-12-11-17(23)13-15(19)3/h8-14,16H,6-7H2,1-5H3. The highest BCUT2D eigenvalue weighted by Gasteiger charge is 2.39. The van der Waals surface area contributed by atoms with E-state index in [0.29, 0.717) is 5.92 Å². The SMILES string of the molecule is CCC(CC)c1cccc2c1N=CN(C)C2(C)c1ccc(F)cc1C. The summed E-state index contributed by atoms with van der Waals surface area (Å²) in [6.45, 7) is 8.65. The molecule has 2 aromatic carbocycles. The van der Waals surface area contributed by atoms with Crippen molar-refractivity contribution in [3.05, 3.63) is 64.5 Å². The van der Waals surface area contributed by atoms with Gasteiger partial charge in [0.25, 0.3) is 0 Å². The number of halogens is 1. The first-order chi connectivity index (χ1) is 11.9. The molecule has 0 aromatic heterocycles. The van der Waals surface area contributed by atoms with Gasteiger partial charge in [-0.05, 0) is 61.4 Å². The minimum atomic E-state index is -0.364. The van der Waals surface area contributed by atoms with Crippen molar-refractivity contribution in [2.75, 3.05) is 7.05 Å². The van der Waals surface area contributed by atoms with Crippen molar-refractivity contribution in [1.82, 2.24) is 4.90 Å². The number of aliphatic imine (C=N–C) groups is 1. The summed E-state index contributed by atoms with van der Waals surface area (Å²) in [4.78, 5) is 6.92. The summed E-state index contributed by atoms with van der Waals surface area (Å²) >= 11 is 0. The molecule has 0 fully saturated rings. The van der Waals surface area contributed by atoms with Crippen molar-refractivity contribution in [2.45, 2.75) is 52.0 Å². The zero-order valence-corrected chi connectivity index (χ0v) is 15.8. The molecular weight excluding hydrogens is 311 g/mol. The average molecular weight is 338 g/mol. The fourth-order valence-electron chi connectivity index (χ4n) is 4.11. The maximum atomic E-state index is 13.7. The molecule has 0 radical (unpaired) electrons. The van der Waals surface area contributed by atoms with Crippen molar-refractivity contribution in [1.29, 1.82) is 0 Å². The molecule has 0 N–H and O–H groups in total. The summed E-state index contributed by atoms with van der Waals surface area (Å²) in [6, 6.07) is 11.6. The van der Waals surface area contributed by atoms with Crippen molar-refractivity contribution in [3.8, 4) is 0 Å². The third kappa shape index (κ3) is 2.76. The van der Waals surface area contributed by atoms with Gasteiger partial charge >= 0.3 is 0 Å². The topological polar surface area (TPSA) is 15.6 Å². The van der Waals surface area contributed by atoms with Gasteiger partial charge in [0.2, 0.25) is 0 Å². The maximum absolute atomic E-state index is 13.7. The molecule has 3 rings (SSSR count). The highest BCUT2D eigenvalue weighted by Crippen LogP contribution is 2.46.